The van der Waals surface area contributed by atoms with Crippen molar-refractivity contribution < 1.29 is 13.5 Å². The van der Waals surface area contributed by atoms with E-state index >= 15 is 4.39 Å². The fourth-order valence-electron chi connectivity index (χ4n) is 3.13. The van der Waals surface area contributed by atoms with E-state index in [9.17, 15) is 4.39 Å². The normalized spacial score (nSPS) is 24.9. The summed E-state index contributed by atoms with van der Waals surface area (Å²) in [4.78, 5) is 6.07. The molecule has 1 aliphatic rings. The molecular formula is C18H20F2N2O. The number of pyridine rings is 1. The Morgan fingerprint density at radius 2 is 2.04 bits per heavy atom. The lowest BCUT2D eigenvalue weighted by Gasteiger charge is -2.25. The van der Waals surface area contributed by atoms with Gasteiger partial charge in [-0.2, -0.15) is 0 Å². The lowest BCUT2D eigenvalue weighted by molar-refractivity contribution is -0.141. The average Bonchev–Trinajstić information content (AvgIpc) is 2.86. The van der Waals surface area contributed by atoms with Gasteiger partial charge in [0.2, 0.25) is 5.85 Å². The lowest BCUT2D eigenvalue weighted by atomic mass is 9.99. The van der Waals surface area contributed by atoms with Gasteiger partial charge < -0.3 is 4.74 Å². The van der Waals surface area contributed by atoms with Crippen molar-refractivity contribution in [2.45, 2.75) is 25.2 Å². The predicted molar refractivity (Wildman–Crippen MR) is 84.1 cm³/mol. The molecule has 23 heavy (non-hydrogen) atoms. The summed E-state index contributed by atoms with van der Waals surface area (Å²) >= 11 is 0. The second-order valence-electron chi connectivity index (χ2n) is 5.83. The van der Waals surface area contributed by atoms with E-state index in [2.05, 4.69) is 4.98 Å². The van der Waals surface area contributed by atoms with Crippen molar-refractivity contribution in [2.24, 2.45) is 0 Å². The van der Waals surface area contributed by atoms with Crippen LogP contribution in [0.5, 0.6) is 0 Å². The molecule has 1 aliphatic heterocycles. The van der Waals surface area contributed by atoms with Gasteiger partial charge in [0.25, 0.3) is 0 Å². The van der Waals surface area contributed by atoms with Gasteiger partial charge in [0, 0.05) is 19.7 Å². The van der Waals surface area contributed by atoms with Gasteiger partial charge in [-0.25, -0.2) is 8.78 Å². The predicted octanol–water partition coefficient (Wildman–Crippen LogP) is 3.52. The molecule has 2 heterocycles. The third-order valence-electron chi connectivity index (χ3n) is 4.14. The number of likely N-dealkylation sites (tertiary alicyclic amines) is 1. The molecule has 5 heteroatoms. The number of nitrogens with zero attached hydrogens (tertiary/aromatic N) is 2. The van der Waals surface area contributed by atoms with Crippen LogP contribution < -0.4 is 0 Å². The summed E-state index contributed by atoms with van der Waals surface area (Å²) in [5.74, 6) is -2.74. The molecule has 3 nitrogen and oxygen atoms in total. The highest BCUT2D eigenvalue weighted by atomic mass is 19.2. The van der Waals surface area contributed by atoms with E-state index in [0.717, 1.165) is 11.8 Å². The molecule has 1 saturated heterocycles. The summed E-state index contributed by atoms with van der Waals surface area (Å²) in [6, 6.07) is 12.8. The smallest absolute Gasteiger partial charge is 0.231 e. The van der Waals surface area contributed by atoms with Crippen LogP contribution in [0.3, 0.4) is 0 Å². The summed E-state index contributed by atoms with van der Waals surface area (Å²) in [7, 11) is 0. The molecule has 1 aromatic carbocycles. The molecular weight excluding hydrogens is 298 g/mol. The molecule has 2 atom stereocenters. The topological polar surface area (TPSA) is 25.4 Å². The number of rotatable bonds is 5. The van der Waals surface area contributed by atoms with Crippen molar-refractivity contribution in [2.75, 3.05) is 19.7 Å². The van der Waals surface area contributed by atoms with Crippen LogP contribution in [0.4, 0.5) is 8.78 Å². The summed E-state index contributed by atoms with van der Waals surface area (Å²) in [6.07, 6.45) is 1.13. The molecule has 0 spiro atoms. The number of aromatic nitrogens is 1. The van der Waals surface area contributed by atoms with Crippen LogP contribution in [0.15, 0.2) is 48.7 Å². The third-order valence-corrected chi connectivity index (χ3v) is 4.14. The Morgan fingerprint density at radius 1 is 1.26 bits per heavy atom. The molecule has 1 fully saturated rings. The Bertz CT molecular complexity index is 635. The average molecular weight is 318 g/mol. The highest BCUT2D eigenvalue weighted by Gasteiger charge is 2.49. The fraction of sp³-hybridized carbons (Fsp3) is 0.389. The van der Waals surface area contributed by atoms with Crippen LogP contribution in [0.2, 0.25) is 0 Å². The second kappa shape index (κ2) is 6.72. The SMILES string of the molecule is CCO[C@]1(F)CN(Cc2ccccc2)C[C@H]1c1ccc(F)cn1. The number of halogens is 2. The molecule has 0 amide bonds. The van der Waals surface area contributed by atoms with Crippen molar-refractivity contribution in [1.29, 1.82) is 0 Å². The third kappa shape index (κ3) is 3.57. The number of ether oxygens (including phenoxy) is 1. The van der Waals surface area contributed by atoms with Gasteiger partial charge in [-0.05, 0) is 24.6 Å². The van der Waals surface area contributed by atoms with Gasteiger partial charge in [-0.3, -0.25) is 9.88 Å². The zero-order chi connectivity index (χ0) is 16.3. The molecule has 0 N–H and O–H groups in total. The molecule has 0 aliphatic carbocycles. The van der Waals surface area contributed by atoms with Gasteiger partial charge in [0.05, 0.1) is 24.4 Å². The van der Waals surface area contributed by atoms with Crippen molar-refractivity contribution in [3.8, 4) is 0 Å². The second-order valence-corrected chi connectivity index (χ2v) is 5.83. The molecule has 0 saturated carbocycles. The quantitative estimate of drug-likeness (QED) is 0.843. The Morgan fingerprint density at radius 3 is 2.70 bits per heavy atom. The summed E-state index contributed by atoms with van der Waals surface area (Å²) in [5, 5.41) is 0. The minimum absolute atomic E-state index is 0.180. The van der Waals surface area contributed by atoms with E-state index in [1.54, 1.807) is 13.0 Å². The number of hydrogen-bond donors (Lipinski definition) is 0. The van der Waals surface area contributed by atoms with Gasteiger partial charge in [0.1, 0.15) is 5.82 Å². The van der Waals surface area contributed by atoms with E-state index in [4.69, 9.17) is 4.74 Å². The van der Waals surface area contributed by atoms with E-state index < -0.39 is 17.6 Å². The first kappa shape index (κ1) is 16.0. The van der Waals surface area contributed by atoms with E-state index in [-0.39, 0.29) is 13.2 Å². The molecule has 2 aromatic rings. The van der Waals surface area contributed by atoms with Crippen LogP contribution >= 0.6 is 0 Å². The largest absolute Gasteiger partial charge is 0.345 e. The molecule has 3 rings (SSSR count). The van der Waals surface area contributed by atoms with E-state index in [1.807, 2.05) is 35.2 Å². The van der Waals surface area contributed by atoms with Crippen molar-refractivity contribution >= 4 is 0 Å². The van der Waals surface area contributed by atoms with Crippen LogP contribution in [-0.2, 0) is 11.3 Å². The molecule has 122 valence electrons. The monoisotopic (exact) mass is 318 g/mol. The summed E-state index contributed by atoms with van der Waals surface area (Å²) < 4.78 is 33.8. The van der Waals surface area contributed by atoms with Crippen molar-refractivity contribution in [3.63, 3.8) is 0 Å². The molecule has 0 bridgehead atoms. The fourth-order valence-corrected chi connectivity index (χ4v) is 3.13. The number of hydrogen-bond acceptors (Lipinski definition) is 3. The van der Waals surface area contributed by atoms with Crippen LogP contribution in [-0.4, -0.2) is 35.4 Å². The highest BCUT2D eigenvalue weighted by Crippen LogP contribution is 2.39. The maximum atomic E-state index is 15.3. The zero-order valence-electron chi connectivity index (χ0n) is 13.1. The maximum absolute atomic E-state index is 15.3. The van der Waals surface area contributed by atoms with Crippen molar-refractivity contribution in [1.82, 2.24) is 9.88 Å². The Labute approximate surface area is 134 Å². The maximum Gasteiger partial charge on any atom is 0.231 e. The first-order chi connectivity index (χ1) is 11.1. The minimum Gasteiger partial charge on any atom is -0.345 e. The first-order valence-electron chi connectivity index (χ1n) is 7.81. The first-order valence-corrected chi connectivity index (χ1v) is 7.81. The molecule has 1 aromatic heterocycles. The Hall–Kier alpha value is -1.85. The Balaban J connectivity index is 1.81. The van der Waals surface area contributed by atoms with Gasteiger partial charge in [-0.15, -0.1) is 0 Å². The van der Waals surface area contributed by atoms with Crippen LogP contribution in [0.25, 0.3) is 0 Å². The summed E-state index contributed by atoms with van der Waals surface area (Å²) in [5.41, 5.74) is 1.65. The number of benzene rings is 1. The Kier molecular flexibility index (Phi) is 4.68. The van der Waals surface area contributed by atoms with Crippen LogP contribution in [0, 0.1) is 5.82 Å². The summed E-state index contributed by atoms with van der Waals surface area (Å²) in [6.45, 7) is 3.38. The number of alkyl halides is 1. The minimum atomic E-state index is -1.80. The highest BCUT2D eigenvalue weighted by molar-refractivity contribution is 5.20. The van der Waals surface area contributed by atoms with Crippen molar-refractivity contribution in [3.05, 3.63) is 65.7 Å². The van der Waals surface area contributed by atoms with Crippen LogP contribution in [0.1, 0.15) is 24.1 Å². The molecule has 0 radical (unpaired) electrons. The molecule has 0 unspecified atom stereocenters. The zero-order valence-corrected chi connectivity index (χ0v) is 13.1. The standard InChI is InChI=1S/C18H20F2N2O/c1-2-23-18(20)13-22(11-14-6-4-3-5-7-14)12-16(18)17-9-8-15(19)10-21-17/h3-10,16H,2,11-13H2,1H3/t16-,18+/m0/s1. The lowest BCUT2D eigenvalue weighted by Crippen LogP contribution is -2.35. The van der Waals surface area contributed by atoms with E-state index in [0.29, 0.717) is 18.8 Å². The van der Waals surface area contributed by atoms with Gasteiger partial charge >= 0.3 is 0 Å². The van der Waals surface area contributed by atoms with Gasteiger partial charge in [-0.1, -0.05) is 30.3 Å². The van der Waals surface area contributed by atoms with Gasteiger partial charge in [0.15, 0.2) is 0 Å². The van der Waals surface area contributed by atoms with E-state index in [1.165, 1.54) is 6.07 Å².